The molecule has 0 aromatic carbocycles. The maximum atomic E-state index is 12.6. The second kappa shape index (κ2) is 5.78. The van der Waals surface area contributed by atoms with Gasteiger partial charge in [-0.15, -0.1) is 11.3 Å². The molecule has 3 N–H and O–H groups in total. The van der Waals surface area contributed by atoms with E-state index >= 15 is 0 Å². The summed E-state index contributed by atoms with van der Waals surface area (Å²) >= 11 is 4.41. The Hall–Kier alpha value is -0.640. The van der Waals surface area contributed by atoms with E-state index < -0.39 is 16.1 Å². The molecule has 1 atom stereocenters. The van der Waals surface area contributed by atoms with E-state index in [1.165, 1.54) is 4.31 Å². The summed E-state index contributed by atoms with van der Waals surface area (Å²) in [6.45, 7) is 0.388. The van der Waals surface area contributed by atoms with E-state index in [4.69, 9.17) is 10.9 Å². The molecule has 9 heteroatoms. The summed E-state index contributed by atoms with van der Waals surface area (Å²) in [5.41, 5.74) is 5.61. The first-order valence-corrected chi connectivity index (χ1v) is 8.76. The molecular weight excluding hydrogens is 354 g/mol. The van der Waals surface area contributed by atoms with Gasteiger partial charge in [0.25, 0.3) is 10.0 Å². The summed E-state index contributed by atoms with van der Waals surface area (Å²) in [6.07, 6.45) is 2.21. The summed E-state index contributed by atoms with van der Waals surface area (Å²) in [5.74, 6) is -0.0566. The van der Waals surface area contributed by atoms with Crippen molar-refractivity contribution < 1.29 is 13.6 Å². The molecule has 1 aliphatic rings. The van der Waals surface area contributed by atoms with Gasteiger partial charge in [0.2, 0.25) is 0 Å². The molecule has 1 aromatic rings. The number of thiophene rings is 1. The van der Waals surface area contributed by atoms with E-state index in [9.17, 15) is 8.42 Å². The maximum Gasteiger partial charge on any atom is 0.253 e. The summed E-state index contributed by atoms with van der Waals surface area (Å²) in [5, 5.41) is 11.7. The summed E-state index contributed by atoms with van der Waals surface area (Å²) < 4.78 is 27.4. The molecular formula is C10H14BrN3O3S2. The van der Waals surface area contributed by atoms with Gasteiger partial charge in [-0.1, -0.05) is 11.6 Å². The lowest BCUT2D eigenvalue weighted by Gasteiger charge is -2.33. The molecule has 1 saturated heterocycles. The third-order valence-corrected chi connectivity index (χ3v) is 7.02. The molecule has 2 heterocycles. The Morgan fingerprint density at radius 2 is 2.26 bits per heavy atom. The van der Waals surface area contributed by atoms with Crippen LogP contribution in [0.1, 0.15) is 19.3 Å². The Morgan fingerprint density at radius 3 is 2.84 bits per heavy atom. The number of amidine groups is 1. The van der Waals surface area contributed by atoms with Crippen molar-refractivity contribution in [2.45, 2.75) is 29.5 Å². The third-order valence-electron chi connectivity index (χ3n) is 3.02. The quantitative estimate of drug-likeness (QED) is 0.368. The minimum atomic E-state index is -3.60. The first kappa shape index (κ1) is 14.8. The Balaban J connectivity index is 2.37. The molecule has 106 valence electrons. The van der Waals surface area contributed by atoms with Gasteiger partial charge in [-0.25, -0.2) is 8.42 Å². The van der Waals surface area contributed by atoms with E-state index in [-0.39, 0.29) is 10.0 Å². The highest BCUT2D eigenvalue weighted by atomic mass is 79.9. The minimum Gasteiger partial charge on any atom is -0.409 e. The van der Waals surface area contributed by atoms with Crippen LogP contribution in [0.3, 0.4) is 0 Å². The first-order chi connectivity index (χ1) is 8.96. The number of piperidine rings is 1. The van der Waals surface area contributed by atoms with Crippen LogP contribution in [0.5, 0.6) is 0 Å². The van der Waals surface area contributed by atoms with Crippen molar-refractivity contribution in [3.05, 3.63) is 15.9 Å². The second-order valence-electron chi connectivity index (χ2n) is 4.21. The van der Waals surface area contributed by atoms with Crippen LogP contribution in [0, 0.1) is 0 Å². The predicted octanol–water partition coefficient (Wildman–Crippen LogP) is 1.80. The molecule has 0 saturated carbocycles. The fourth-order valence-electron chi connectivity index (χ4n) is 2.11. The SMILES string of the molecule is NC(=NO)C1CCCCN1S(=O)(=O)c1ccc(Br)s1. The average molecular weight is 368 g/mol. The van der Waals surface area contributed by atoms with Gasteiger partial charge >= 0.3 is 0 Å². The summed E-state index contributed by atoms with van der Waals surface area (Å²) in [6, 6.07) is 2.69. The zero-order chi connectivity index (χ0) is 14.0. The lowest BCUT2D eigenvalue weighted by atomic mass is 10.0. The van der Waals surface area contributed by atoms with Crippen LogP contribution in [0.15, 0.2) is 25.3 Å². The molecule has 6 nitrogen and oxygen atoms in total. The maximum absolute atomic E-state index is 12.6. The number of sulfonamides is 1. The van der Waals surface area contributed by atoms with Crippen LogP contribution in [0.2, 0.25) is 0 Å². The number of oxime groups is 1. The molecule has 1 aromatic heterocycles. The van der Waals surface area contributed by atoms with Crippen molar-refractivity contribution in [3.8, 4) is 0 Å². The number of halogens is 1. The van der Waals surface area contributed by atoms with Crippen molar-refractivity contribution in [1.29, 1.82) is 0 Å². The van der Waals surface area contributed by atoms with E-state index in [0.29, 0.717) is 13.0 Å². The van der Waals surface area contributed by atoms with Gasteiger partial charge in [0, 0.05) is 6.54 Å². The molecule has 1 aliphatic heterocycles. The molecule has 0 radical (unpaired) electrons. The lowest BCUT2D eigenvalue weighted by molar-refractivity contribution is 0.281. The van der Waals surface area contributed by atoms with E-state index in [2.05, 4.69) is 21.1 Å². The van der Waals surface area contributed by atoms with Crippen molar-refractivity contribution in [2.24, 2.45) is 10.9 Å². The number of nitrogens with two attached hydrogens (primary N) is 1. The summed E-state index contributed by atoms with van der Waals surface area (Å²) in [7, 11) is -3.60. The van der Waals surface area contributed by atoms with Gasteiger partial charge in [-0.2, -0.15) is 4.31 Å². The molecule has 2 rings (SSSR count). The van der Waals surface area contributed by atoms with Crippen LogP contribution >= 0.6 is 27.3 Å². The number of rotatable bonds is 3. The minimum absolute atomic E-state index is 0.0566. The zero-order valence-electron chi connectivity index (χ0n) is 9.99. The largest absolute Gasteiger partial charge is 0.409 e. The predicted molar refractivity (Wildman–Crippen MR) is 77.0 cm³/mol. The van der Waals surface area contributed by atoms with Crippen LogP contribution in [0.4, 0.5) is 0 Å². The van der Waals surface area contributed by atoms with Gasteiger partial charge in [-0.3, -0.25) is 0 Å². The van der Waals surface area contributed by atoms with Gasteiger partial charge in [0.05, 0.1) is 9.83 Å². The average Bonchev–Trinajstić information content (AvgIpc) is 2.85. The number of nitrogens with zero attached hydrogens (tertiary/aromatic N) is 2. The van der Waals surface area contributed by atoms with Gasteiger partial charge in [-0.05, 0) is 40.9 Å². The van der Waals surface area contributed by atoms with Gasteiger partial charge in [0.15, 0.2) is 5.84 Å². The molecule has 1 fully saturated rings. The Labute approximate surface area is 124 Å². The highest BCUT2D eigenvalue weighted by Crippen LogP contribution is 2.31. The lowest BCUT2D eigenvalue weighted by Crippen LogP contribution is -2.50. The standard InChI is InChI=1S/C10H14BrN3O3S2/c11-8-4-5-9(18-8)19(16,17)14-6-2-1-3-7(14)10(12)13-15/h4-5,7,15H,1-3,6H2,(H2,12,13). The fourth-order valence-corrected chi connectivity index (χ4v) is 5.91. The van der Waals surface area contributed by atoms with Crippen LogP contribution in [0.25, 0.3) is 0 Å². The Morgan fingerprint density at radius 1 is 1.53 bits per heavy atom. The molecule has 0 spiro atoms. The van der Waals surface area contributed by atoms with E-state index in [1.807, 2.05) is 0 Å². The van der Waals surface area contributed by atoms with Crippen LogP contribution in [-0.2, 0) is 10.0 Å². The molecule has 0 amide bonds. The third kappa shape index (κ3) is 2.93. The first-order valence-electron chi connectivity index (χ1n) is 5.71. The van der Waals surface area contributed by atoms with E-state index in [0.717, 1.165) is 28.0 Å². The summed E-state index contributed by atoms with van der Waals surface area (Å²) in [4.78, 5) is 0. The molecule has 0 bridgehead atoms. The molecule has 1 unspecified atom stereocenters. The van der Waals surface area contributed by atoms with Crippen LogP contribution in [-0.4, -0.2) is 36.4 Å². The van der Waals surface area contributed by atoms with Crippen molar-refractivity contribution in [1.82, 2.24) is 4.31 Å². The van der Waals surface area contributed by atoms with Crippen molar-refractivity contribution >= 4 is 43.1 Å². The molecule has 0 aliphatic carbocycles. The van der Waals surface area contributed by atoms with Gasteiger partial charge in [0.1, 0.15) is 4.21 Å². The van der Waals surface area contributed by atoms with Crippen molar-refractivity contribution in [2.75, 3.05) is 6.54 Å². The smallest absolute Gasteiger partial charge is 0.253 e. The van der Waals surface area contributed by atoms with E-state index in [1.54, 1.807) is 12.1 Å². The monoisotopic (exact) mass is 367 g/mol. The Bertz CT molecular complexity index is 585. The highest BCUT2D eigenvalue weighted by molar-refractivity contribution is 9.11. The topological polar surface area (TPSA) is 96.0 Å². The van der Waals surface area contributed by atoms with Crippen molar-refractivity contribution in [3.63, 3.8) is 0 Å². The second-order valence-corrected chi connectivity index (χ2v) is 8.79. The molecule has 19 heavy (non-hydrogen) atoms. The van der Waals surface area contributed by atoms with Crippen LogP contribution < -0.4 is 5.73 Å². The number of hydrogen-bond acceptors (Lipinski definition) is 5. The number of hydrogen-bond donors (Lipinski definition) is 2. The normalized spacial score (nSPS) is 22.6. The Kier molecular flexibility index (Phi) is 4.49. The highest BCUT2D eigenvalue weighted by Gasteiger charge is 2.36. The fraction of sp³-hybridized carbons (Fsp3) is 0.500. The van der Waals surface area contributed by atoms with Gasteiger partial charge < -0.3 is 10.9 Å². The zero-order valence-corrected chi connectivity index (χ0v) is 13.2.